The monoisotopic (exact) mass is 495 g/mol. The molecule has 0 spiro atoms. The van der Waals surface area contributed by atoms with Gasteiger partial charge in [-0.2, -0.15) is 5.10 Å². The Bertz CT molecular complexity index is 969. The van der Waals surface area contributed by atoms with Crippen LogP contribution in [0, 0.1) is 0 Å². The molecule has 0 atom stereocenters. The van der Waals surface area contributed by atoms with Crippen molar-refractivity contribution in [2.24, 2.45) is 10.9 Å². The Balaban J connectivity index is 1.44. The highest BCUT2D eigenvalue weighted by atomic mass is 16.5. The zero-order valence-electron chi connectivity index (χ0n) is 21.9. The number of carbonyl (C=O) groups is 1. The van der Waals surface area contributed by atoms with E-state index in [0.717, 1.165) is 43.4 Å². The molecule has 1 aliphatic rings. The van der Waals surface area contributed by atoms with E-state index >= 15 is 0 Å². The number of nitrogens with two attached hydrogens (primary N) is 1. The lowest BCUT2D eigenvalue weighted by molar-refractivity contribution is 0.0555. The highest BCUT2D eigenvalue weighted by molar-refractivity contribution is 5.95. The molecule has 0 radical (unpaired) electrons. The van der Waals surface area contributed by atoms with Crippen LogP contribution in [-0.2, 0) is 0 Å². The second kappa shape index (κ2) is 14.4. The van der Waals surface area contributed by atoms with Crippen molar-refractivity contribution in [3.8, 4) is 17.2 Å². The lowest BCUT2D eigenvalue weighted by atomic mass is 9.92. The Morgan fingerprint density at radius 3 is 2.33 bits per heavy atom. The maximum Gasteiger partial charge on any atom is 0.254 e. The minimum absolute atomic E-state index is 0.0731. The molecule has 0 unspecified atom stereocenters. The lowest BCUT2D eigenvalue weighted by Crippen LogP contribution is -2.45. The summed E-state index contributed by atoms with van der Waals surface area (Å²) in [5.74, 6) is 7.33. The van der Waals surface area contributed by atoms with E-state index in [1.807, 2.05) is 42.5 Å². The van der Waals surface area contributed by atoms with Gasteiger partial charge >= 0.3 is 0 Å². The van der Waals surface area contributed by atoms with Gasteiger partial charge in [0, 0.05) is 17.6 Å². The zero-order chi connectivity index (χ0) is 25.8. The summed E-state index contributed by atoms with van der Waals surface area (Å²) in [5.41, 5.74) is 1.59. The van der Waals surface area contributed by atoms with Crippen LogP contribution in [0.15, 0.2) is 47.6 Å². The number of methoxy groups -OCH3 is 1. The van der Waals surface area contributed by atoms with Crippen molar-refractivity contribution in [3.63, 3.8) is 0 Å². The molecule has 3 rings (SSSR count). The minimum atomic E-state index is 0.0731. The number of rotatable bonds is 13. The van der Waals surface area contributed by atoms with Crippen molar-refractivity contribution in [1.82, 2.24) is 4.90 Å². The summed E-state index contributed by atoms with van der Waals surface area (Å²) in [5, 5.41) is 3.51. The van der Waals surface area contributed by atoms with E-state index < -0.39 is 0 Å². The Morgan fingerprint density at radius 1 is 1.00 bits per heavy atom. The first kappa shape index (κ1) is 27.4. The molecule has 2 N–H and O–H groups in total. The molecule has 2 aromatic carbocycles. The van der Waals surface area contributed by atoms with Gasteiger partial charge in [-0.25, -0.2) is 0 Å². The molecule has 1 saturated carbocycles. The van der Waals surface area contributed by atoms with Crippen LogP contribution < -0.4 is 20.1 Å². The van der Waals surface area contributed by atoms with E-state index in [0.29, 0.717) is 36.3 Å². The third-order valence-electron chi connectivity index (χ3n) is 6.59. The molecule has 1 aliphatic carbocycles. The van der Waals surface area contributed by atoms with Crippen LogP contribution in [0.25, 0.3) is 0 Å². The van der Waals surface area contributed by atoms with Crippen LogP contribution in [0.5, 0.6) is 17.2 Å². The maximum atomic E-state index is 13.4. The standard InChI is InChI=1S/C29H41N3O4/c1-22(2)32(25-10-6-4-7-11-25)29(33)24-14-17-27(28(20-24)34-3)36-19-9-5-8-18-35-26-15-12-23(13-16-26)21-31-30/h12-17,20-22,25H,4-11,18-19,30H2,1-3H3. The van der Waals surface area contributed by atoms with Gasteiger partial charge in [0.2, 0.25) is 0 Å². The highest BCUT2D eigenvalue weighted by Crippen LogP contribution is 2.31. The molecule has 196 valence electrons. The third-order valence-corrected chi connectivity index (χ3v) is 6.59. The fourth-order valence-corrected chi connectivity index (χ4v) is 4.74. The average molecular weight is 496 g/mol. The summed E-state index contributed by atoms with van der Waals surface area (Å²) >= 11 is 0. The average Bonchev–Trinajstić information content (AvgIpc) is 2.89. The second-order valence-electron chi connectivity index (χ2n) is 9.57. The first-order valence-electron chi connectivity index (χ1n) is 13.1. The summed E-state index contributed by atoms with van der Waals surface area (Å²) in [6, 6.07) is 13.7. The van der Waals surface area contributed by atoms with Crippen LogP contribution in [0.2, 0.25) is 0 Å². The first-order chi connectivity index (χ1) is 17.5. The number of amides is 1. The Kier molecular flexibility index (Phi) is 10.9. The fourth-order valence-electron chi connectivity index (χ4n) is 4.74. The lowest BCUT2D eigenvalue weighted by Gasteiger charge is -2.37. The van der Waals surface area contributed by atoms with Gasteiger partial charge in [0.05, 0.1) is 26.5 Å². The third kappa shape index (κ3) is 7.90. The van der Waals surface area contributed by atoms with Crippen LogP contribution in [-0.4, -0.2) is 49.4 Å². The number of benzene rings is 2. The fraction of sp³-hybridized carbons (Fsp3) is 0.517. The molecule has 36 heavy (non-hydrogen) atoms. The quantitative estimate of drug-likeness (QED) is 0.164. The molecule has 0 heterocycles. The van der Waals surface area contributed by atoms with Crippen molar-refractivity contribution in [2.45, 2.75) is 77.3 Å². The number of hydrogen-bond acceptors (Lipinski definition) is 6. The van der Waals surface area contributed by atoms with E-state index in [2.05, 4.69) is 23.8 Å². The summed E-state index contributed by atoms with van der Waals surface area (Å²) < 4.78 is 17.3. The SMILES string of the molecule is COc1cc(C(=O)N(C(C)C)C2CCCCC2)ccc1OCCCCCOc1ccc(C=NN)cc1. The maximum absolute atomic E-state index is 13.4. The van der Waals surface area contributed by atoms with Crippen LogP contribution >= 0.6 is 0 Å². The molecule has 0 aromatic heterocycles. The topological polar surface area (TPSA) is 86.4 Å². The van der Waals surface area contributed by atoms with E-state index in [-0.39, 0.29) is 11.9 Å². The predicted molar refractivity (Wildman–Crippen MR) is 144 cm³/mol. The Morgan fingerprint density at radius 2 is 1.69 bits per heavy atom. The van der Waals surface area contributed by atoms with Gasteiger partial charge in [0.15, 0.2) is 11.5 Å². The van der Waals surface area contributed by atoms with Gasteiger partial charge in [-0.05, 0) is 94.0 Å². The number of ether oxygens (including phenoxy) is 3. The molecule has 1 amide bonds. The van der Waals surface area contributed by atoms with Crippen molar-refractivity contribution < 1.29 is 19.0 Å². The molecular formula is C29H41N3O4. The van der Waals surface area contributed by atoms with Gasteiger partial charge in [-0.15, -0.1) is 0 Å². The normalized spacial score (nSPS) is 14.2. The van der Waals surface area contributed by atoms with Crippen molar-refractivity contribution in [2.75, 3.05) is 20.3 Å². The summed E-state index contributed by atoms with van der Waals surface area (Å²) in [4.78, 5) is 15.4. The van der Waals surface area contributed by atoms with E-state index in [9.17, 15) is 4.79 Å². The van der Waals surface area contributed by atoms with E-state index in [4.69, 9.17) is 20.1 Å². The molecular weight excluding hydrogens is 454 g/mol. The van der Waals surface area contributed by atoms with E-state index in [1.165, 1.54) is 19.3 Å². The zero-order valence-corrected chi connectivity index (χ0v) is 21.9. The van der Waals surface area contributed by atoms with Gasteiger partial charge in [0.1, 0.15) is 5.75 Å². The molecule has 7 nitrogen and oxygen atoms in total. The number of nitrogens with zero attached hydrogens (tertiary/aromatic N) is 2. The highest BCUT2D eigenvalue weighted by Gasteiger charge is 2.28. The van der Waals surface area contributed by atoms with Crippen LogP contribution in [0.1, 0.15) is 81.1 Å². The Hall–Kier alpha value is -3.22. The second-order valence-corrected chi connectivity index (χ2v) is 9.57. The van der Waals surface area contributed by atoms with Crippen molar-refractivity contribution in [1.29, 1.82) is 0 Å². The number of carbonyl (C=O) groups excluding carboxylic acids is 1. The Labute approximate surface area is 215 Å². The first-order valence-corrected chi connectivity index (χ1v) is 13.1. The van der Waals surface area contributed by atoms with Gasteiger partial charge in [-0.3, -0.25) is 4.79 Å². The minimum Gasteiger partial charge on any atom is -0.494 e. The molecule has 0 bridgehead atoms. The summed E-state index contributed by atoms with van der Waals surface area (Å²) in [7, 11) is 1.62. The molecule has 2 aromatic rings. The molecule has 7 heteroatoms. The van der Waals surface area contributed by atoms with Crippen LogP contribution in [0.4, 0.5) is 0 Å². The number of unbranched alkanes of at least 4 members (excludes halogenated alkanes) is 2. The van der Waals surface area contributed by atoms with Gasteiger partial charge in [-0.1, -0.05) is 19.3 Å². The van der Waals surface area contributed by atoms with E-state index in [1.54, 1.807) is 13.3 Å². The number of hydrogen-bond donors (Lipinski definition) is 1. The molecule has 0 aliphatic heterocycles. The summed E-state index contributed by atoms with van der Waals surface area (Å²) in [6.45, 7) is 5.43. The molecule has 0 saturated heterocycles. The number of hydrazone groups is 1. The van der Waals surface area contributed by atoms with Gasteiger partial charge < -0.3 is 25.0 Å². The largest absolute Gasteiger partial charge is 0.494 e. The van der Waals surface area contributed by atoms with Crippen molar-refractivity contribution >= 4 is 12.1 Å². The molecule has 1 fully saturated rings. The predicted octanol–water partition coefficient (Wildman–Crippen LogP) is 5.80. The van der Waals surface area contributed by atoms with Crippen LogP contribution in [0.3, 0.4) is 0 Å². The smallest absolute Gasteiger partial charge is 0.254 e. The summed E-state index contributed by atoms with van der Waals surface area (Å²) in [6.07, 6.45) is 10.3. The van der Waals surface area contributed by atoms with Gasteiger partial charge in [0.25, 0.3) is 5.91 Å². The van der Waals surface area contributed by atoms with Crippen molar-refractivity contribution in [3.05, 3.63) is 53.6 Å².